The molecule has 100 valence electrons. The standard InChI is InChI=1S/C16H18ClNS/c1-13(15-9-5-6-10-16(15)17)18-11-12-19-14-7-3-2-4-8-14/h2-10,13,18H,11-12H2,1H3. The van der Waals surface area contributed by atoms with Crippen LogP contribution in [0.1, 0.15) is 18.5 Å². The zero-order valence-corrected chi connectivity index (χ0v) is 12.5. The fraction of sp³-hybridized carbons (Fsp3) is 0.250. The SMILES string of the molecule is CC(NCCSc1ccccc1)c1ccccc1Cl. The summed E-state index contributed by atoms with van der Waals surface area (Å²) in [5.74, 6) is 1.05. The summed E-state index contributed by atoms with van der Waals surface area (Å²) >= 11 is 8.05. The maximum absolute atomic E-state index is 6.18. The lowest BCUT2D eigenvalue weighted by atomic mass is 10.1. The van der Waals surface area contributed by atoms with Crippen LogP contribution in [-0.4, -0.2) is 12.3 Å². The van der Waals surface area contributed by atoms with Gasteiger partial charge < -0.3 is 5.32 Å². The number of hydrogen-bond donors (Lipinski definition) is 1. The summed E-state index contributed by atoms with van der Waals surface area (Å²) in [6, 6.07) is 18.8. The molecule has 3 heteroatoms. The molecule has 0 radical (unpaired) electrons. The van der Waals surface area contributed by atoms with E-state index < -0.39 is 0 Å². The van der Waals surface area contributed by atoms with E-state index in [2.05, 4.69) is 42.6 Å². The maximum atomic E-state index is 6.18. The Bertz CT molecular complexity index is 501. The van der Waals surface area contributed by atoms with Crippen molar-refractivity contribution in [1.29, 1.82) is 0 Å². The van der Waals surface area contributed by atoms with E-state index in [-0.39, 0.29) is 6.04 Å². The zero-order valence-electron chi connectivity index (χ0n) is 11.0. The Labute approximate surface area is 124 Å². The molecule has 0 aliphatic carbocycles. The highest BCUT2D eigenvalue weighted by Crippen LogP contribution is 2.22. The van der Waals surface area contributed by atoms with Crippen LogP contribution in [0.25, 0.3) is 0 Å². The van der Waals surface area contributed by atoms with Crippen molar-refractivity contribution in [1.82, 2.24) is 5.32 Å². The highest BCUT2D eigenvalue weighted by atomic mass is 35.5. The van der Waals surface area contributed by atoms with Gasteiger partial charge in [-0.3, -0.25) is 0 Å². The van der Waals surface area contributed by atoms with Gasteiger partial charge in [0.05, 0.1) is 0 Å². The minimum Gasteiger partial charge on any atom is -0.309 e. The summed E-state index contributed by atoms with van der Waals surface area (Å²) < 4.78 is 0. The third-order valence-electron chi connectivity index (χ3n) is 2.94. The van der Waals surface area contributed by atoms with Crippen LogP contribution < -0.4 is 5.32 Å². The first kappa shape index (κ1) is 14.4. The van der Waals surface area contributed by atoms with Crippen LogP contribution >= 0.6 is 23.4 Å². The van der Waals surface area contributed by atoms with E-state index in [9.17, 15) is 0 Å². The van der Waals surface area contributed by atoms with E-state index in [0.29, 0.717) is 0 Å². The van der Waals surface area contributed by atoms with Gasteiger partial charge >= 0.3 is 0 Å². The van der Waals surface area contributed by atoms with E-state index in [1.807, 2.05) is 36.0 Å². The zero-order chi connectivity index (χ0) is 13.5. The minimum absolute atomic E-state index is 0.282. The van der Waals surface area contributed by atoms with Crippen molar-refractivity contribution < 1.29 is 0 Å². The summed E-state index contributed by atoms with van der Waals surface area (Å²) in [5, 5.41) is 4.34. The van der Waals surface area contributed by atoms with E-state index in [1.165, 1.54) is 4.90 Å². The van der Waals surface area contributed by atoms with Crippen LogP contribution in [0.4, 0.5) is 0 Å². The Morgan fingerprint density at radius 1 is 1.05 bits per heavy atom. The fourth-order valence-electron chi connectivity index (χ4n) is 1.90. The summed E-state index contributed by atoms with van der Waals surface area (Å²) in [4.78, 5) is 1.31. The molecule has 1 unspecified atom stereocenters. The van der Waals surface area contributed by atoms with Crippen LogP contribution in [-0.2, 0) is 0 Å². The second-order valence-electron chi connectivity index (χ2n) is 4.36. The van der Waals surface area contributed by atoms with E-state index in [4.69, 9.17) is 11.6 Å². The number of nitrogens with one attached hydrogen (secondary N) is 1. The number of halogens is 1. The number of benzene rings is 2. The second kappa shape index (κ2) is 7.59. The van der Waals surface area contributed by atoms with Gasteiger partial charge in [0, 0.05) is 28.3 Å². The molecule has 0 heterocycles. The molecule has 1 atom stereocenters. The van der Waals surface area contributed by atoms with Gasteiger partial charge in [-0.15, -0.1) is 11.8 Å². The Balaban J connectivity index is 1.76. The Kier molecular flexibility index (Phi) is 5.77. The molecule has 0 spiro atoms. The quantitative estimate of drug-likeness (QED) is 0.607. The summed E-state index contributed by atoms with van der Waals surface area (Å²) in [6.45, 7) is 3.11. The molecule has 2 aromatic rings. The summed E-state index contributed by atoms with van der Waals surface area (Å²) in [5.41, 5.74) is 1.16. The smallest absolute Gasteiger partial charge is 0.0453 e. The van der Waals surface area contributed by atoms with E-state index in [0.717, 1.165) is 22.9 Å². The van der Waals surface area contributed by atoms with Gasteiger partial charge in [-0.1, -0.05) is 48.0 Å². The molecule has 0 aliphatic heterocycles. The van der Waals surface area contributed by atoms with Gasteiger partial charge in [-0.25, -0.2) is 0 Å². The third kappa shape index (κ3) is 4.57. The molecular weight excluding hydrogens is 274 g/mol. The lowest BCUT2D eigenvalue weighted by Gasteiger charge is -2.15. The van der Waals surface area contributed by atoms with Gasteiger partial charge in [-0.2, -0.15) is 0 Å². The van der Waals surface area contributed by atoms with Crippen molar-refractivity contribution in [2.24, 2.45) is 0 Å². The normalized spacial score (nSPS) is 12.3. The molecule has 0 amide bonds. The van der Waals surface area contributed by atoms with E-state index in [1.54, 1.807) is 0 Å². The molecule has 0 bridgehead atoms. The first-order chi connectivity index (χ1) is 9.27. The first-order valence-electron chi connectivity index (χ1n) is 6.43. The van der Waals surface area contributed by atoms with E-state index >= 15 is 0 Å². The average Bonchev–Trinajstić information content (AvgIpc) is 2.45. The largest absolute Gasteiger partial charge is 0.309 e. The third-order valence-corrected chi connectivity index (χ3v) is 4.29. The topological polar surface area (TPSA) is 12.0 Å². The maximum Gasteiger partial charge on any atom is 0.0453 e. The first-order valence-corrected chi connectivity index (χ1v) is 7.79. The van der Waals surface area contributed by atoms with Crippen LogP contribution in [0.2, 0.25) is 5.02 Å². The van der Waals surface area contributed by atoms with Crippen LogP contribution in [0.15, 0.2) is 59.5 Å². The van der Waals surface area contributed by atoms with Crippen molar-refractivity contribution in [3.8, 4) is 0 Å². The molecule has 1 N–H and O–H groups in total. The molecule has 19 heavy (non-hydrogen) atoms. The van der Waals surface area contributed by atoms with Gasteiger partial charge in [0.15, 0.2) is 0 Å². The molecule has 1 nitrogen and oxygen atoms in total. The van der Waals surface area contributed by atoms with Crippen molar-refractivity contribution in [3.05, 3.63) is 65.2 Å². The van der Waals surface area contributed by atoms with Crippen LogP contribution in [0.5, 0.6) is 0 Å². The summed E-state index contributed by atoms with van der Waals surface area (Å²) in [7, 11) is 0. The highest BCUT2D eigenvalue weighted by molar-refractivity contribution is 7.99. The molecule has 0 saturated heterocycles. The van der Waals surface area contributed by atoms with Crippen LogP contribution in [0.3, 0.4) is 0 Å². The molecular formula is C16H18ClNS. The summed E-state index contributed by atoms with van der Waals surface area (Å²) in [6.07, 6.45) is 0. The molecule has 2 rings (SSSR count). The number of thioether (sulfide) groups is 1. The Morgan fingerprint density at radius 2 is 1.74 bits per heavy atom. The fourth-order valence-corrected chi connectivity index (χ4v) is 3.00. The van der Waals surface area contributed by atoms with Crippen molar-refractivity contribution >= 4 is 23.4 Å². The molecule has 0 saturated carbocycles. The molecule has 0 aromatic heterocycles. The Morgan fingerprint density at radius 3 is 2.47 bits per heavy atom. The predicted octanol–water partition coefficient (Wildman–Crippen LogP) is 4.78. The van der Waals surface area contributed by atoms with Crippen LogP contribution in [0, 0.1) is 0 Å². The second-order valence-corrected chi connectivity index (χ2v) is 5.93. The molecule has 2 aromatic carbocycles. The Hall–Kier alpha value is -0.960. The highest BCUT2D eigenvalue weighted by Gasteiger charge is 2.07. The van der Waals surface area contributed by atoms with Gasteiger partial charge in [0.25, 0.3) is 0 Å². The van der Waals surface area contributed by atoms with Crippen molar-refractivity contribution in [2.45, 2.75) is 17.9 Å². The molecule has 0 fully saturated rings. The van der Waals surface area contributed by atoms with Gasteiger partial charge in [0.1, 0.15) is 0 Å². The minimum atomic E-state index is 0.282. The predicted molar refractivity (Wildman–Crippen MR) is 85.0 cm³/mol. The lowest BCUT2D eigenvalue weighted by Crippen LogP contribution is -2.21. The molecule has 0 aliphatic rings. The van der Waals surface area contributed by atoms with Gasteiger partial charge in [0.2, 0.25) is 0 Å². The lowest BCUT2D eigenvalue weighted by molar-refractivity contribution is 0.601. The van der Waals surface area contributed by atoms with Crippen molar-refractivity contribution in [2.75, 3.05) is 12.3 Å². The van der Waals surface area contributed by atoms with Crippen molar-refractivity contribution in [3.63, 3.8) is 0 Å². The average molecular weight is 292 g/mol. The number of hydrogen-bond acceptors (Lipinski definition) is 2. The monoisotopic (exact) mass is 291 g/mol. The number of rotatable bonds is 6. The van der Waals surface area contributed by atoms with Gasteiger partial charge in [-0.05, 0) is 30.7 Å².